The lowest BCUT2D eigenvalue weighted by atomic mass is 9.91. The molecule has 0 saturated heterocycles. The van der Waals surface area contributed by atoms with Crippen molar-refractivity contribution in [3.8, 4) is 16.9 Å². The van der Waals surface area contributed by atoms with Gasteiger partial charge in [-0.2, -0.15) is 0 Å². The fourth-order valence-corrected chi connectivity index (χ4v) is 4.85. The summed E-state index contributed by atoms with van der Waals surface area (Å²) >= 11 is 6.37. The number of anilines is 1. The van der Waals surface area contributed by atoms with E-state index >= 15 is 0 Å². The van der Waals surface area contributed by atoms with Gasteiger partial charge in [0.15, 0.2) is 5.78 Å². The summed E-state index contributed by atoms with van der Waals surface area (Å²) < 4.78 is 5.29. The fourth-order valence-electron chi connectivity index (χ4n) is 4.59. The molecule has 32 heavy (non-hydrogen) atoms. The van der Waals surface area contributed by atoms with Crippen LogP contribution in [0, 0.1) is 5.92 Å². The number of aromatic nitrogens is 1. The highest BCUT2D eigenvalue weighted by molar-refractivity contribution is 6.32. The Kier molecular flexibility index (Phi) is 5.78. The fraction of sp³-hybridized carbons (Fsp3) is 0.385. The van der Waals surface area contributed by atoms with E-state index in [-0.39, 0.29) is 17.7 Å². The predicted octanol–water partition coefficient (Wildman–Crippen LogP) is 5.84. The molecule has 5 rings (SSSR count). The number of nitrogens with zero attached hydrogens (tertiary/aromatic N) is 1. The molecular formula is C26H28ClN3O2. The van der Waals surface area contributed by atoms with E-state index in [1.54, 1.807) is 13.3 Å². The van der Waals surface area contributed by atoms with Gasteiger partial charge in [0.25, 0.3) is 0 Å². The Bertz CT molecular complexity index is 1170. The summed E-state index contributed by atoms with van der Waals surface area (Å²) in [6.07, 6.45) is 7.72. The van der Waals surface area contributed by atoms with Gasteiger partial charge in [0.2, 0.25) is 0 Å². The third kappa shape index (κ3) is 4.19. The molecule has 1 aromatic heterocycles. The third-order valence-corrected chi connectivity index (χ3v) is 6.98. The smallest absolute Gasteiger partial charge is 0.169 e. The van der Waals surface area contributed by atoms with Gasteiger partial charge in [-0.05, 0) is 73.9 Å². The lowest BCUT2D eigenvalue weighted by Crippen LogP contribution is -2.33. The summed E-state index contributed by atoms with van der Waals surface area (Å²) in [4.78, 5) is 17.7. The Balaban J connectivity index is 1.59. The first-order chi connectivity index (χ1) is 15.5. The zero-order valence-electron chi connectivity index (χ0n) is 18.2. The first-order valence-electron chi connectivity index (χ1n) is 11.4. The Hall–Kier alpha value is -2.63. The van der Waals surface area contributed by atoms with E-state index in [0.29, 0.717) is 22.4 Å². The molecule has 3 N–H and O–H groups in total. The minimum atomic E-state index is 0.137. The van der Waals surface area contributed by atoms with Crippen molar-refractivity contribution in [1.29, 1.82) is 0 Å². The Morgan fingerprint density at radius 1 is 1.06 bits per heavy atom. The van der Waals surface area contributed by atoms with Crippen molar-refractivity contribution in [2.75, 3.05) is 12.4 Å². The van der Waals surface area contributed by atoms with Gasteiger partial charge in [-0.3, -0.25) is 9.78 Å². The van der Waals surface area contributed by atoms with E-state index in [9.17, 15) is 4.79 Å². The minimum absolute atomic E-state index is 0.137. The zero-order chi connectivity index (χ0) is 22.2. The molecular weight excluding hydrogens is 422 g/mol. The number of ether oxygens (including phenoxy) is 1. The number of hydrogen-bond donors (Lipinski definition) is 2. The van der Waals surface area contributed by atoms with Crippen LogP contribution in [0.4, 0.5) is 5.69 Å². The molecule has 0 aliphatic heterocycles. The number of hydrogen-bond acceptors (Lipinski definition) is 5. The van der Waals surface area contributed by atoms with Crippen molar-refractivity contribution in [2.45, 2.75) is 50.6 Å². The summed E-state index contributed by atoms with van der Waals surface area (Å²) in [6, 6.07) is 12.5. The summed E-state index contributed by atoms with van der Waals surface area (Å²) in [5, 5.41) is 5.26. The van der Waals surface area contributed by atoms with Crippen LogP contribution in [0.2, 0.25) is 5.02 Å². The first kappa shape index (κ1) is 21.2. The average Bonchev–Trinajstić information content (AvgIpc) is 3.65. The molecule has 0 unspecified atom stereocenters. The predicted molar refractivity (Wildman–Crippen MR) is 130 cm³/mol. The highest BCUT2D eigenvalue weighted by Gasteiger charge is 2.33. The number of nitrogens with two attached hydrogens (primary N) is 1. The quantitative estimate of drug-likeness (QED) is 0.462. The van der Waals surface area contributed by atoms with E-state index in [0.717, 1.165) is 66.2 Å². The van der Waals surface area contributed by atoms with Crippen LogP contribution in [-0.2, 0) is 0 Å². The van der Waals surface area contributed by atoms with E-state index in [1.165, 1.54) is 0 Å². The number of carbonyl (C=O) groups is 1. The molecule has 2 saturated carbocycles. The van der Waals surface area contributed by atoms with Gasteiger partial charge in [0.1, 0.15) is 5.75 Å². The van der Waals surface area contributed by atoms with Gasteiger partial charge >= 0.3 is 0 Å². The van der Waals surface area contributed by atoms with Crippen molar-refractivity contribution < 1.29 is 9.53 Å². The van der Waals surface area contributed by atoms with Crippen LogP contribution < -0.4 is 15.8 Å². The molecule has 6 heteroatoms. The molecule has 0 atom stereocenters. The summed E-state index contributed by atoms with van der Waals surface area (Å²) in [6.45, 7) is 0. The second-order valence-electron chi connectivity index (χ2n) is 9.02. The second-order valence-corrected chi connectivity index (χ2v) is 9.43. The number of halogens is 1. The van der Waals surface area contributed by atoms with Gasteiger partial charge in [-0.25, -0.2) is 0 Å². The number of carbonyl (C=O) groups excluding carboxylic acids is 1. The van der Waals surface area contributed by atoms with E-state index < -0.39 is 0 Å². The zero-order valence-corrected chi connectivity index (χ0v) is 19.0. The number of Topliss-reactive ketones (excluding diaryl/α,β-unsaturated/α-hetero) is 1. The maximum Gasteiger partial charge on any atom is 0.169 e. The summed E-state index contributed by atoms with van der Waals surface area (Å²) in [5.41, 5.74) is 10.6. The number of nitrogens with one attached hydrogen (secondary N) is 1. The van der Waals surface area contributed by atoms with Crippen molar-refractivity contribution in [3.05, 3.63) is 53.2 Å². The van der Waals surface area contributed by atoms with Crippen LogP contribution in [-0.4, -0.2) is 30.0 Å². The van der Waals surface area contributed by atoms with E-state index in [1.807, 2.05) is 30.3 Å². The lowest BCUT2D eigenvalue weighted by Gasteiger charge is -2.29. The molecule has 0 radical (unpaired) electrons. The van der Waals surface area contributed by atoms with Gasteiger partial charge in [0.05, 0.1) is 28.9 Å². The van der Waals surface area contributed by atoms with E-state index in [2.05, 4.69) is 16.4 Å². The highest BCUT2D eigenvalue weighted by Crippen LogP contribution is 2.39. The monoisotopic (exact) mass is 449 g/mol. The Morgan fingerprint density at radius 3 is 2.47 bits per heavy atom. The largest absolute Gasteiger partial charge is 0.495 e. The van der Waals surface area contributed by atoms with Crippen LogP contribution in [0.5, 0.6) is 5.75 Å². The second kappa shape index (κ2) is 8.72. The molecule has 2 aliphatic carbocycles. The van der Waals surface area contributed by atoms with Crippen molar-refractivity contribution in [2.24, 2.45) is 11.7 Å². The Morgan fingerprint density at radius 2 is 1.78 bits per heavy atom. The van der Waals surface area contributed by atoms with Gasteiger partial charge in [-0.1, -0.05) is 23.7 Å². The number of pyridine rings is 1. The molecule has 166 valence electrons. The number of ketones is 1. The lowest BCUT2D eigenvalue weighted by molar-refractivity contribution is 0.0968. The number of rotatable bonds is 6. The maximum absolute atomic E-state index is 13.1. The van der Waals surface area contributed by atoms with Crippen LogP contribution in [0.15, 0.2) is 42.6 Å². The highest BCUT2D eigenvalue weighted by atomic mass is 35.5. The molecule has 3 aromatic rings. The molecule has 5 nitrogen and oxygen atoms in total. The van der Waals surface area contributed by atoms with Crippen molar-refractivity contribution in [1.82, 2.24) is 4.98 Å². The van der Waals surface area contributed by atoms with E-state index in [4.69, 9.17) is 22.1 Å². The number of fused-ring (bicyclic) bond motifs is 1. The maximum atomic E-state index is 13.1. The molecule has 2 fully saturated rings. The van der Waals surface area contributed by atoms with Gasteiger partial charge in [-0.15, -0.1) is 0 Å². The number of benzene rings is 2. The summed E-state index contributed by atoms with van der Waals surface area (Å²) in [7, 11) is 1.61. The molecule has 1 heterocycles. The molecule has 0 spiro atoms. The first-order valence-corrected chi connectivity index (χ1v) is 11.7. The topological polar surface area (TPSA) is 77.2 Å². The molecule has 0 bridgehead atoms. The molecule has 2 aromatic carbocycles. The number of methoxy groups -OCH3 is 1. The van der Waals surface area contributed by atoms with Gasteiger partial charge in [0, 0.05) is 29.6 Å². The van der Waals surface area contributed by atoms with Crippen LogP contribution in [0.3, 0.4) is 0 Å². The minimum Gasteiger partial charge on any atom is -0.495 e. The molecule has 2 aliphatic rings. The van der Waals surface area contributed by atoms with Crippen molar-refractivity contribution >= 4 is 34.0 Å². The Labute approximate surface area is 193 Å². The third-order valence-electron chi connectivity index (χ3n) is 6.69. The van der Waals surface area contributed by atoms with Crippen molar-refractivity contribution in [3.63, 3.8) is 0 Å². The van der Waals surface area contributed by atoms with Crippen LogP contribution in [0.1, 0.15) is 48.9 Å². The summed E-state index contributed by atoms with van der Waals surface area (Å²) in [5.74, 6) is 0.985. The van der Waals surface area contributed by atoms with Gasteiger partial charge < -0.3 is 15.8 Å². The van der Waals surface area contributed by atoms with Crippen LogP contribution >= 0.6 is 11.6 Å². The molecule has 0 amide bonds. The van der Waals surface area contributed by atoms with Crippen LogP contribution in [0.25, 0.3) is 22.0 Å². The average molecular weight is 450 g/mol. The normalized spacial score (nSPS) is 20.8. The standard InChI is InChI=1S/C26H28ClN3O2/c1-32-24-11-5-17(13-22(24)27)16-4-10-23-20(12-16)25(30-19-8-6-18(28)7-9-19)21(14-29-23)26(31)15-2-3-15/h4-5,10-15,18-19H,2-3,6-9,28H2,1H3,(H,29,30). The SMILES string of the molecule is COc1ccc(-c2ccc3ncc(C(=O)C4CC4)c(NC4CCC(N)CC4)c3c2)cc1Cl.